The van der Waals surface area contributed by atoms with E-state index in [-0.39, 0.29) is 10.8 Å². The Morgan fingerprint density at radius 1 is 1.22 bits per heavy atom. The average Bonchev–Trinajstić information content (AvgIpc) is 2.62. The average molecular weight is 366 g/mol. The second kappa shape index (κ2) is 6.30. The summed E-state index contributed by atoms with van der Waals surface area (Å²) in [6.07, 6.45) is 5.38. The highest BCUT2D eigenvalue weighted by Crippen LogP contribution is 2.56. The van der Waals surface area contributed by atoms with Crippen LogP contribution in [0.15, 0.2) is 18.3 Å². The molecule has 1 aromatic carbocycles. The van der Waals surface area contributed by atoms with Gasteiger partial charge in [-0.25, -0.2) is 9.97 Å². The molecule has 2 atom stereocenters. The van der Waals surface area contributed by atoms with Crippen LogP contribution in [0.3, 0.4) is 0 Å². The van der Waals surface area contributed by atoms with Crippen molar-refractivity contribution in [2.24, 2.45) is 5.92 Å². The molecule has 1 unspecified atom stereocenters. The lowest BCUT2D eigenvalue weighted by Gasteiger charge is -2.54. The van der Waals surface area contributed by atoms with E-state index < -0.39 is 0 Å². The highest BCUT2D eigenvalue weighted by Gasteiger charge is 2.53. The molecule has 2 aromatic rings. The minimum atomic E-state index is 0.0323. The van der Waals surface area contributed by atoms with E-state index in [0.717, 1.165) is 31.0 Å². The van der Waals surface area contributed by atoms with Crippen molar-refractivity contribution in [2.45, 2.75) is 64.3 Å². The molecule has 0 radical (unpaired) electrons. The van der Waals surface area contributed by atoms with Crippen LogP contribution in [0.1, 0.15) is 61.0 Å². The number of methoxy groups -OCH3 is 1. The van der Waals surface area contributed by atoms with Gasteiger partial charge in [0, 0.05) is 29.1 Å². The van der Waals surface area contributed by atoms with Gasteiger partial charge in [-0.2, -0.15) is 0 Å². The van der Waals surface area contributed by atoms with E-state index in [2.05, 4.69) is 49.4 Å². The van der Waals surface area contributed by atoms with E-state index in [0.29, 0.717) is 5.92 Å². The summed E-state index contributed by atoms with van der Waals surface area (Å²) in [7, 11) is 3.76. The van der Waals surface area contributed by atoms with Gasteiger partial charge in [-0.1, -0.05) is 26.8 Å². The van der Waals surface area contributed by atoms with Crippen molar-refractivity contribution in [1.82, 2.24) is 15.3 Å². The van der Waals surface area contributed by atoms with Gasteiger partial charge < -0.3 is 10.1 Å². The molecule has 1 heterocycles. The minimum Gasteiger partial charge on any atom is -0.496 e. The van der Waals surface area contributed by atoms with Crippen molar-refractivity contribution in [2.75, 3.05) is 14.2 Å². The quantitative estimate of drug-likeness (QED) is 0.897. The van der Waals surface area contributed by atoms with Crippen LogP contribution in [0.4, 0.5) is 0 Å². The Kier molecular flexibility index (Phi) is 4.30. The Bertz CT molecular complexity index is 889. The Balaban J connectivity index is 1.89. The molecular weight excluding hydrogens is 334 g/mol. The number of hydrogen-bond donors (Lipinski definition) is 1. The summed E-state index contributed by atoms with van der Waals surface area (Å²) in [6, 6.07) is 4.67. The molecule has 2 aliphatic rings. The molecular formula is C23H31N3O. The lowest BCUT2D eigenvalue weighted by molar-refractivity contribution is 0.134. The number of aryl methyl sites for hydroxylation is 2. The fourth-order valence-corrected chi connectivity index (χ4v) is 5.86. The summed E-state index contributed by atoms with van der Waals surface area (Å²) in [6.45, 7) is 10.0. The van der Waals surface area contributed by atoms with Crippen LogP contribution in [0.25, 0.3) is 0 Å². The normalized spacial score (nSPS) is 25.3. The maximum absolute atomic E-state index is 5.76. The summed E-state index contributed by atoms with van der Waals surface area (Å²) in [5.74, 6) is 2.42. The van der Waals surface area contributed by atoms with E-state index in [1.54, 1.807) is 7.11 Å². The molecule has 1 aromatic heterocycles. The van der Waals surface area contributed by atoms with E-state index in [1.165, 1.54) is 34.4 Å². The fraction of sp³-hybridized carbons (Fsp3) is 0.565. The smallest absolute Gasteiger partial charge is 0.125 e. The molecule has 27 heavy (non-hydrogen) atoms. The van der Waals surface area contributed by atoms with Gasteiger partial charge >= 0.3 is 0 Å². The minimum absolute atomic E-state index is 0.0323. The Hall–Kier alpha value is -1.94. The molecule has 0 amide bonds. The van der Waals surface area contributed by atoms with Crippen LogP contribution in [0, 0.1) is 12.8 Å². The number of nitrogens with one attached hydrogen (secondary N) is 1. The van der Waals surface area contributed by atoms with Crippen LogP contribution in [0.5, 0.6) is 5.75 Å². The van der Waals surface area contributed by atoms with Crippen molar-refractivity contribution in [3.63, 3.8) is 0 Å². The maximum atomic E-state index is 5.76. The van der Waals surface area contributed by atoms with E-state index in [9.17, 15) is 0 Å². The first-order valence-electron chi connectivity index (χ1n) is 9.99. The lowest BCUT2D eigenvalue weighted by Crippen LogP contribution is -2.52. The Labute approximate surface area is 162 Å². The van der Waals surface area contributed by atoms with Crippen molar-refractivity contribution in [3.05, 3.63) is 52.1 Å². The van der Waals surface area contributed by atoms with Crippen LogP contribution < -0.4 is 10.1 Å². The molecule has 0 saturated carbocycles. The van der Waals surface area contributed by atoms with Gasteiger partial charge in [0.05, 0.1) is 12.8 Å². The van der Waals surface area contributed by atoms with Gasteiger partial charge in [0.2, 0.25) is 0 Å². The zero-order valence-corrected chi connectivity index (χ0v) is 17.4. The first-order valence-corrected chi connectivity index (χ1v) is 9.99. The van der Waals surface area contributed by atoms with Gasteiger partial charge in [-0.3, -0.25) is 0 Å². The summed E-state index contributed by atoms with van der Waals surface area (Å²) >= 11 is 0. The zero-order valence-electron chi connectivity index (χ0n) is 17.4. The van der Waals surface area contributed by atoms with Crippen LogP contribution in [0.2, 0.25) is 0 Å². The van der Waals surface area contributed by atoms with Crippen molar-refractivity contribution < 1.29 is 4.74 Å². The molecule has 1 N–H and O–H groups in total. The second-order valence-electron chi connectivity index (χ2n) is 9.05. The molecule has 0 saturated heterocycles. The predicted molar refractivity (Wildman–Crippen MR) is 108 cm³/mol. The largest absolute Gasteiger partial charge is 0.496 e. The Morgan fingerprint density at radius 3 is 2.70 bits per heavy atom. The van der Waals surface area contributed by atoms with Crippen molar-refractivity contribution in [3.8, 4) is 5.75 Å². The topological polar surface area (TPSA) is 47.0 Å². The first-order chi connectivity index (χ1) is 12.8. The van der Waals surface area contributed by atoms with Gasteiger partial charge in [-0.05, 0) is 61.9 Å². The summed E-state index contributed by atoms with van der Waals surface area (Å²) in [5, 5.41) is 3.27. The third-order valence-corrected chi connectivity index (χ3v) is 6.98. The summed E-state index contributed by atoms with van der Waals surface area (Å²) in [5.41, 5.74) is 6.84. The predicted octanol–water partition coefficient (Wildman–Crippen LogP) is 3.87. The van der Waals surface area contributed by atoms with Gasteiger partial charge in [-0.15, -0.1) is 0 Å². The second-order valence-corrected chi connectivity index (χ2v) is 9.05. The van der Waals surface area contributed by atoms with Gasteiger partial charge in [0.25, 0.3) is 0 Å². The molecule has 2 aliphatic carbocycles. The standard InChI is InChI=1S/C23H31N3O/c1-14-25-13-17-11-23(4)18-10-19(27-6)16(12-24-5)9-15(18)7-8-20(23)22(2,3)21(17)26-14/h9-10,13,20,24H,7-8,11-12H2,1-6H3/t20?,23-/m1/s1. The zero-order chi connectivity index (χ0) is 19.4. The highest BCUT2D eigenvalue weighted by atomic mass is 16.5. The molecule has 4 heteroatoms. The van der Waals surface area contributed by atoms with Gasteiger partial charge in [0.15, 0.2) is 0 Å². The summed E-state index contributed by atoms with van der Waals surface area (Å²) in [4.78, 5) is 9.38. The third-order valence-electron chi connectivity index (χ3n) is 6.98. The van der Waals surface area contributed by atoms with Crippen molar-refractivity contribution in [1.29, 1.82) is 0 Å². The SMILES string of the molecule is CNCc1cc2c(cc1OC)[C@@]1(C)Cc3cnc(C)nc3C(C)(C)C1CC2. The monoisotopic (exact) mass is 365 g/mol. The van der Waals surface area contributed by atoms with E-state index in [4.69, 9.17) is 9.72 Å². The third kappa shape index (κ3) is 2.68. The van der Waals surface area contributed by atoms with Crippen LogP contribution in [-0.2, 0) is 30.2 Å². The number of rotatable bonds is 3. The lowest BCUT2D eigenvalue weighted by atomic mass is 9.50. The van der Waals surface area contributed by atoms with E-state index in [1.807, 2.05) is 14.0 Å². The van der Waals surface area contributed by atoms with Crippen molar-refractivity contribution >= 4 is 0 Å². The molecule has 0 spiro atoms. The number of ether oxygens (including phenoxy) is 1. The van der Waals surface area contributed by atoms with Gasteiger partial charge in [0.1, 0.15) is 11.6 Å². The molecule has 4 nitrogen and oxygen atoms in total. The fourth-order valence-electron chi connectivity index (χ4n) is 5.86. The Morgan fingerprint density at radius 2 is 2.00 bits per heavy atom. The number of benzene rings is 1. The van der Waals surface area contributed by atoms with E-state index >= 15 is 0 Å². The first kappa shape index (κ1) is 18.4. The highest BCUT2D eigenvalue weighted by molar-refractivity contribution is 5.51. The molecule has 0 bridgehead atoms. The maximum Gasteiger partial charge on any atom is 0.125 e. The molecule has 144 valence electrons. The number of fused-ring (bicyclic) bond motifs is 4. The molecule has 0 fully saturated rings. The van der Waals surface area contributed by atoms with Crippen LogP contribution in [-0.4, -0.2) is 24.1 Å². The molecule has 0 aliphatic heterocycles. The number of hydrogen-bond acceptors (Lipinski definition) is 4. The number of aromatic nitrogens is 2. The number of nitrogens with zero attached hydrogens (tertiary/aromatic N) is 2. The molecule has 4 rings (SSSR count). The van der Waals surface area contributed by atoms with Crippen LogP contribution >= 0.6 is 0 Å². The summed E-state index contributed by atoms with van der Waals surface area (Å²) < 4.78 is 5.76.